The molecule has 0 aliphatic rings. The molecule has 0 saturated heterocycles. The highest BCUT2D eigenvalue weighted by atomic mass is 16.5. The maximum Gasteiger partial charge on any atom is 0.342 e. The van der Waals surface area contributed by atoms with E-state index in [1.54, 1.807) is 30.3 Å². The van der Waals surface area contributed by atoms with Crippen LogP contribution in [0.3, 0.4) is 0 Å². The zero-order valence-electron chi connectivity index (χ0n) is 10.6. The summed E-state index contributed by atoms with van der Waals surface area (Å²) in [6.07, 6.45) is 0. The van der Waals surface area contributed by atoms with Gasteiger partial charge in [0, 0.05) is 0 Å². The monoisotopic (exact) mass is 259 g/mol. The van der Waals surface area contributed by atoms with Gasteiger partial charge in [-0.15, -0.1) is 0 Å². The van der Waals surface area contributed by atoms with Crippen molar-refractivity contribution < 1.29 is 19.1 Å². The van der Waals surface area contributed by atoms with Crippen LogP contribution in [0, 0.1) is 0 Å². The first-order valence-corrected chi connectivity index (χ1v) is 5.58. The van der Waals surface area contributed by atoms with Gasteiger partial charge in [-0.2, -0.15) is 0 Å². The fourth-order valence-corrected chi connectivity index (χ4v) is 2.03. The molecule has 0 unspecified atom stereocenters. The van der Waals surface area contributed by atoms with Crippen molar-refractivity contribution in [2.45, 2.75) is 0 Å². The van der Waals surface area contributed by atoms with Gasteiger partial charge in [0.25, 0.3) is 5.91 Å². The Balaban J connectivity index is 2.93. The second-order valence-corrected chi connectivity index (χ2v) is 3.91. The Labute approximate surface area is 109 Å². The number of rotatable bonds is 3. The molecule has 2 aromatic carbocycles. The first-order valence-electron chi connectivity index (χ1n) is 5.58. The average molecular weight is 259 g/mol. The SMILES string of the molecule is COC(=O)c1c(OC)c(C(N)=O)cc2ccccc12. The van der Waals surface area contributed by atoms with Crippen molar-refractivity contribution in [3.8, 4) is 5.75 Å². The largest absolute Gasteiger partial charge is 0.495 e. The minimum atomic E-state index is -0.659. The molecule has 0 saturated carbocycles. The zero-order chi connectivity index (χ0) is 14.0. The van der Waals surface area contributed by atoms with Gasteiger partial charge in [0.1, 0.15) is 11.3 Å². The van der Waals surface area contributed by atoms with Crippen molar-refractivity contribution >= 4 is 22.6 Å². The number of fused-ring (bicyclic) bond motifs is 1. The van der Waals surface area contributed by atoms with Crippen LogP contribution in [-0.2, 0) is 4.74 Å². The van der Waals surface area contributed by atoms with Crippen molar-refractivity contribution in [2.75, 3.05) is 14.2 Å². The van der Waals surface area contributed by atoms with Crippen molar-refractivity contribution in [3.63, 3.8) is 0 Å². The first-order chi connectivity index (χ1) is 9.10. The third kappa shape index (κ3) is 2.10. The summed E-state index contributed by atoms with van der Waals surface area (Å²) in [7, 11) is 2.65. The van der Waals surface area contributed by atoms with E-state index < -0.39 is 11.9 Å². The van der Waals surface area contributed by atoms with E-state index in [0.717, 1.165) is 5.39 Å². The second kappa shape index (κ2) is 4.97. The number of carbonyl (C=O) groups is 2. The summed E-state index contributed by atoms with van der Waals surface area (Å²) in [4.78, 5) is 23.4. The Morgan fingerprint density at radius 1 is 1.16 bits per heavy atom. The lowest BCUT2D eigenvalue weighted by Crippen LogP contribution is -2.15. The number of primary amides is 1. The molecule has 0 bridgehead atoms. The number of esters is 1. The molecule has 0 radical (unpaired) electrons. The van der Waals surface area contributed by atoms with Crippen molar-refractivity contribution in [1.29, 1.82) is 0 Å². The fraction of sp³-hybridized carbons (Fsp3) is 0.143. The second-order valence-electron chi connectivity index (χ2n) is 3.91. The number of methoxy groups -OCH3 is 2. The molecule has 5 nitrogen and oxygen atoms in total. The van der Waals surface area contributed by atoms with Crippen LogP contribution in [0.2, 0.25) is 0 Å². The summed E-state index contributed by atoms with van der Waals surface area (Å²) < 4.78 is 9.92. The van der Waals surface area contributed by atoms with Gasteiger partial charge in [-0.05, 0) is 16.8 Å². The minimum absolute atomic E-state index is 0.137. The van der Waals surface area contributed by atoms with Crippen LogP contribution in [0.4, 0.5) is 0 Å². The van der Waals surface area contributed by atoms with E-state index in [0.29, 0.717) is 5.39 Å². The molecular weight excluding hydrogens is 246 g/mol. The van der Waals surface area contributed by atoms with Crippen molar-refractivity contribution in [1.82, 2.24) is 0 Å². The van der Waals surface area contributed by atoms with E-state index in [1.165, 1.54) is 14.2 Å². The normalized spacial score (nSPS) is 10.2. The highest BCUT2D eigenvalue weighted by molar-refractivity contribution is 6.12. The van der Waals surface area contributed by atoms with E-state index in [9.17, 15) is 9.59 Å². The fourth-order valence-electron chi connectivity index (χ4n) is 2.03. The lowest BCUT2D eigenvalue weighted by Gasteiger charge is -2.13. The number of amides is 1. The molecule has 19 heavy (non-hydrogen) atoms. The molecule has 0 aliphatic heterocycles. The highest BCUT2D eigenvalue weighted by Gasteiger charge is 2.22. The van der Waals surface area contributed by atoms with Crippen LogP contribution >= 0.6 is 0 Å². The Kier molecular flexibility index (Phi) is 3.37. The molecule has 0 fully saturated rings. The van der Waals surface area contributed by atoms with Crippen LogP contribution in [0.5, 0.6) is 5.75 Å². The Morgan fingerprint density at radius 2 is 1.84 bits per heavy atom. The average Bonchev–Trinajstić information content (AvgIpc) is 2.44. The van der Waals surface area contributed by atoms with Gasteiger partial charge in [-0.25, -0.2) is 4.79 Å². The summed E-state index contributed by atoms with van der Waals surface area (Å²) in [6, 6.07) is 8.74. The summed E-state index contributed by atoms with van der Waals surface area (Å²) in [5.41, 5.74) is 5.68. The molecule has 0 heterocycles. The lowest BCUT2D eigenvalue weighted by molar-refractivity contribution is 0.0599. The molecule has 2 aromatic rings. The van der Waals surface area contributed by atoms with Gasteiger partial charge in [-0.3, -0.25) is 4.79 Å². The van der Waals surface area contributed by atoms with Gasteiger partial charge in [0.2, 0.25) is 0 Å². The predicted octanol–water partition coefficient (Wildman–Crippen LogP) is 1.73. The summed E-state index contributed by atoms with van der Waals surface area (Å²) in [6.45, 7) is 0. The first kappa shape index (κ1) is 12.9. The van der Waals surface area contributed by atoms with Gasteiger partial charge < -0.3 is 15.2 Å². The molecule has 0 aliphatic carbocycles. The molecule has 0 atom stereocenters. The van der Waals surface area contributed by atoms with Crippen LogP contribution < -0.4 is 10.5 Å². The Morgan fingerprint density at radius 3 is 2.42 bits per heavy atom. The minimum Gasteiger partial charge on any atom is -0.495 e. The highest BCUT2D eigenvalue weighted by Crippen LogP contribution is 2.32. The molecular formula is C14H13NO4. The number of ether oxygens (including phenoxy) is 2. The molecule has 2 N–H and O–H groups in total. The number of hydrogen-bond donors (Lipinski definition) is 1. The van der Waals surface area contributed by atoms with E-state index in [4.69, 9.17) is 15.2 Å². The topological polar surface area (TPSA) is 78.6 Å². The molecule has 2 rings (SSSR count). The number of benzene rings is 2. The van der Waals surface area contributed by atoms with Crippen LogP contribution in [-0.4, -0.2) is 26.1 Å². The van der Waals surface area contributed by atoms with Crippen molar-refractivity contribution in [2.24, 2.45) is 5.73 Å². The molecule has 0 spiro atoms. The quantitative estimate of drug-likeness (QED) is 0.851. The maximum absolute atomic E-state index is 11.9. The van der Waals surface area contributed by atoms with E-state index in [2.05, 4.69) is 0 Å². The van der Waals surface area contributed by atoms with E-state index in [-0.39, 0.29) is 16.9 Å². The van der Waals surface area contributed by atoms with E-state index >= 15 is 0 Å². The third-order valence-corrected chi connectivity index (χ3v) is 2.86. The lowest BCUT2D eigenvalue weighted by atomic mass is 9.99. The third-order valence-electron chi connectivity index (χ3n) is 2.86. The standard InChI is InChI=1S/C14H13NO4/c1-18-12-10(13(15)16)7-8-5-3-4-6-9(8)11(12)14(17)19-2/h3-7H,1-2H3,(H2,15,16). The summed E-state index contributed by atoms with van der Waals surface area (Å²) >= 11 is 0. The van der Waals surface area contributed by atoms with Gasteiger partial charge in [0.05, 0.1) is 19.8 Å². The van der Waals surface area contributed by atoms with Gasteiger partial charge in [-0.1, -0.05) is 24.3 Å². The Bertz CT molecular complexity index is 664. The van der Waals surface area contributed by atoms with Gasteiger partial charge >= 0.3 is 5.97 Å². The van der Waals surface area contributed by atoms with Gasteiger partial charge in [0.15, 0.2) is 0 Å². The zero-order valence-corrected chi connectivity index (χ0v) is 10.6. The summed E-state index contributed by atoms with van der Waals surface area (Å²) in [5, 5.41) is 1.37. The smallest absolute Gasteiger partial charge is 0.342 e. The number of hydrogen-bond acceptors (Lipinski definition) is 4. The number of nitrogens with two attached hydrogens (primary N) is 1. The molecule has 1 amide bonds. The van der Waals surface area contributed by atoms with Crippen LogP contribution in [0.15, 0.2) is 30.3 Å². The number of carbonyl (C=O) groups excluding carboxylic acids is 2. The molecule has 5 heteroatoms. The van der Waals surface area contributed by atoms with Crippen LogP contribution in [0.1, 0.15) is 20.7 Å². The van der Waals surface area contributed by atoms with Crippen molar-refractivity contribution in [3.05, 3.63) is 41.5 Å². The van der Waals surface area contributed by atoms with Crippen LogP contribution in [0.25, 0.3) is 10.8 Å². The maximum atomic E-state index is 11.9. The van der Waals surface area contributed by atoms with E-state index in [1.807, 2.05) is 0 Å². The molecule has 98 valence electrons. The predicted molar refractivity (Wildman–Crippen MR) is 70.4 cm³/mol. The summed E-state index contributed by atoms with van der Waals surface area (Å²) in [5.74, 6) is -1.10. The molecule has 0 aromatic heterocycles. The Hall–Kier alpha value is -2.56.